The van der Waals surface area contributed by atoms with E-state index in [1.807, 2.05) is 30.3 Å². The first-order chi connectivity index (χ1) is 8.22. The molecule has 0 atom stereocenters. The van der Waals surface area contributed by atoms with E-state index in [-0.39, 0.29) is 11.5 Å². The number of nitrogens with zero attached hydrogens (tertiary/aromatic N) is 5. The van der Waals surface area contributed by atoms with Crippen molar-refractivity contribution in [1.29, 1.82) is 5.26 Å². The van der Waals surface area contributed by atoms with Crippen LogP contribution in [0.25, 0.3) is 16.6 Å². The fourth-order valence-electron chi connectivity index (χ4n) is 1.87. The third-order valence-corrected chi connectivity index (χ3v) is 2.68. The van der Waals surface area contributed by atoms with Crippen molar-refractivity contribution in [3.05, 3.63) is 40.6 Å². The van der Waals surface area contributed by atoms with E-state index in [0.29, 0.717) is 5.65 Å². The van der Waals surface area contributed by atoms with E-state index in [4.69, 9.17) is 5.26 Å². The number of hydrogen-bond donors (Lipinski definition) is 0. The highest BCUT2D eigenvalue weighted by Crippen LogP contribution is 2.15. The Bertz CT molecular complexity index is 837. The van der Waals surface area contributed by atoms with Crippen LogP contribution in [0.4, 0.5) is 0 Å². The van der Waals surface area contributed by atoms with E-state index in [1.54, 1.807) is 7.05 Å². The average Bonchev–Trinajstić information content (AvgIpc) is 2.80. The molecular formula is C11H7N5O. The molecule has 0 fully saturated rings. The molecule has 0 aliphatic carbocycles. The Morgan fingerprint density at radius 3 is 2.88 bits per heavy atom. The minimum atomic E-state index is -0.312. The molecule has 6 heteroatoms. The molecule has 2 aromatic heterocycles. The zero-order valence-corrected chi connectivity index (χ0v) is 8.95. The van der Waals surface area contributed by atoms with Gasteiger partial charge < -0.3 is 0 Å². The molecule has 0 saturated carbocycles. The van der Waals surface area contributed by atoms with Gasteiger partial charge in [0.25, 0.3) is 5.82 Å². The predicted octanol–water partition coefficient (Wildman–Crippen LogP) is 0.453. The molecule has 17 heavy (non-hydrogen) atoms. The van der Waals surface area contributed by atoms with Gasteiger partial charge in [0.1, 0.15) is 6.07 Å². The van der Waals surface area contributed by atoms with Crippen LogP contribution in [-0.4, -0.2) is 19.2 Å². The van der Waals surface area contributed by atoms with Crippen molar-refractivity contribution in [3.8, 4) is 6.07 Å². The summed E-state index contributed by atoms with van der Waals surface area (Å²) in [6, 6.07) is 9.22. The molecule has 0 saturated heterocycles. The van der Waals surface area contributed by atoms with Crippen molar-refractivity contribution < 1.29 is 0 Å². The van der Waals surface area contributed by atoms with Crippen LogP contribution in [0.1, 0.15) is 5.82 Å². The topological polar surface area (TPSA) is 76.0 Å². The lowest BCUT2D eigenvalue weighted by atomic mass is 10.2. The van der Waals surface area contributed by atoms with Crippen LogP contribution in [0.3, 0.4) is 0 Å². The SMILES string of the molecule is Cn1c(=O)n2nc(C#N)nc2c2ccccc21. The number of aryl methyl sites for hydroxylation is 1. The van der Waals surface area contributed by atoms with Crippen molar-refractivity contribution in [2.24, 2.45) is 7.05 Å². The van der Waals surface area contributed by atoms with E-state index in [0.717, 1.165) is 15.4 Å². The molecule has 6 nitrogen and oxygen atoms in total. The summed E-state index contributed by atoms with van der Waals surface area (Å²) < 4.78 is 2.64. The van der Waals surface area contributed by atoms with Gasteiger partial charge in [-0.05, 0) is 12.1 Å². The highest BCUT2D eigenvalue weighted by Gasteiger charge is 2.12. The number of rotatable bonds is 0. The van der Waals surface area contributed by atoms with Gasteiger partial charge in [0.15, 0.2) is 5.65 Å². The predicted molar refractivity (Wildman–Crippen MR) is 60.4 cm³/mol. The Morgan fingerprint density at radius 2 is 2.12 bits per heavy atom. The maximum absolute atomic E-state index is 12.0. The third-order valence-electron chi connectivity index (χ3n) is 2.68. The molecule has 0 N–H and O–H groups in total. The fraction of sp³-hybridized carbons (Fsp3) is 0.0909. The van der Waals surface area contributed by atoms with E-state index >= 15 is 0 Å². The smallest absolute Gasteiger partial charge is 0.295 e. The third kappa shape index (κ3) is 1.16. The summed E-state index contributed by atoms with van der Waals surface area (Å²) in [5.41, 5.74) is 0.870. The molecule has 0 aliphatic rings. The normalized spacial score (nSPS) is 10.8. The molecule has 3 rings (SSSR count). The maximum atomic E-state index is 12.0. The summed E-state index contributed by atoms with van der Waals surface area (Å²) in [5.74, 6) is -0.00143. The standard InChI is InChI=1S/C11H7N5O/c1-15-8-5-3-2-4-7(8)10-13-9(6-12)14-16(10)11(15)17/h2-5H,1H3. The van der Waals surface area contributed by atoms with Crippen molar-refractivity contribution >= 4 is 16.6 Å². The molecule has 0 aliphatic heterocycles. The Morgan fingerprint density at radius 1 is 1.35 bits per heavy atom. The van der Waals surface area contributed by atoms with Gasteiger partial charge in [0, 0.05) is 12.4 Å². The van der Waals surface area contributed by atoms with Crippen LogP contribution in [0.2, 0.25) is 0 Å². The minimum absolute atomic E-state index is 0.00143. The quantitative estimate of drug-likeness (QED) is 0.556. The maximum Gasteiger partial charge on any atom is 0.351 e. The fourth-order valence-corrected chi connectivity index (χ4v) is 1.87. The average molecular weight is 225 g/mol. The summed E-state index contributed by atoms with van der Waals surface area (Å²) in [7, 11) is 1.66. The van der Waals surface area contributed by atoms with Gasteiger partial charge in [-0.2, -0.15) is 14.8 Å². The molecular weight excluding hydrogens is 218 g/mol. The second-order valence-electron chi connectivity index (χ2n) is 3.64. The number of fused-ring (bicyclic) bond motifs is 3. The molecule has 1 aromatic carbocycles. The van der Waals surface area contributed by atoms with Crippen molar-refractivity contribution in [2.45, 2.75) is 0 Å². The van der Waals surface area contributed by atoms with E-state index in [1.165, 1.54) is 4.57 Å². The van der Waals surface area contributed by atoms with E-state index in [2.05, 4.69) is 10.1 Å². The second-order valence-corrected chi connectivity index (χ2v) is 3.64. The number of nitriles is 1. The highest BCUT2D eigenvalue weighted by molar-refractivity contribution is 5.91. The molecule has 0 amide bonds. The van der Waals surface area contributed by atoms with Gasteiger partial charge >= 0.3 is 5.69 Å². The van der Waals surface area contributed by atoms with Gasteiger partial charge in [-0.25, -0.2) is 4.79 Å². The number of benzene rings is 1. The molecule has 2 heterocycles. The molecule has 0 spiro atoms. The van der Waals surface area contributed by atoms with Crippen molar-refractivity contribution in [1.82, 2.24) is 19.2 Å². The largest absolute Gasteiger partial charge is 0.351 e. The van der Waals surface area contributed by atoms with Gasteiger partial charge in [-0.3, -0.25) is 4.57 Å². The summed E-state index contributed by atoms with van der Waals surface area (Å²) in [4.78, 5) is 16.0. The van der Waals surface area contributed by atoms with Gasteiger partial charge in [0.05, 0.1) is 5.52 Å². The van der Waals surface area contributed by atoms with Crippen LogP contribution in [-0.2, 0) is 7.05 Å². The Labute approximate surface area is 95.4 Å². The lowest BCUT2D eigenvalue weighted by molar-refractivity contribution is 0.769. The molecule has 0 radical (unpaired) electrons. The Kier molecular flexibility index (Phi) is 1.77. The van der Waals surface area contributed by atoms with Crippen LogP contribution in [0, 0.1) is 11.3 Å². The first-order valence-corrected chi connectivity index (χ1v) is 4.97. The first kappa shape index (κ1) is 9.54. The molecule has 3 aromatic rings. The van der Waals surface area contributed by atoms with Crippen molar-refractivity contribution in [2.75, 3.05) is 0 Å². The summed E-state index contributed by atoms with van der Waals surface area (Å²) in [6.07, 6.45) is 0. The molecule has 82 valence electrons. The Balaban J connectivity index is 2.69. The van der Waals surface area contributed by atoms with E-state index < -0.39 is 0 Å². The Hall–Kier alpha value is -2.68. The van der Waals surface area contributed by atoms with Crippen LogP contribution >= 0.6 is 0 Å². The van der Waals surface area contributed by atoms with Crippen LogP contribution < -0.4 is 5.69 Å². The van der Waals surface area contributed by atoms with Crippen molar-refractivity contribution in [3.63, 3.8) is 0 Å². The van der Waals surface area contributed by atoms with Gasteiger partial charge in [0.2, 0.25) is 0 Å². The van der Waals surface area contributed by atoms with Crippen LogP contribution in [0.15, 0.2) is 29.1 Å². The van der Waals surface area contributed by atoms with E-state index in [9.17, 15) is 4.79 Å². The highest BCUT2D eigenvalue weighted by atomic mass is 16.1. The number of aromatic nitrogens is 4. The summed E-state index contributed by atoms with van der Waals surface area (Å²) in [6.45, 7) is 0. The monoisotopic (exact) mass is 225 g/mol. The summed E-state index contributed by atoms with van der Waals surface area (Å²) >= 11 is 0. The molecule has 0 unspecified atom stereocenters. The number of hydrogen-bond acceptors (Lipinski definition) is 4. The minimum Gasteiger partial charge on any atom is -0.295 e. The lowest BCUT2D eigenvalue weighted by Gasteiger charge is -2.04. The number of para-hydroxylation sites is 1. The van der Waals surface area contributed by atoms with Gasteiger partial charge in [-0.1, -0.05) is 12.1 Å². The van der Waals surface area contributed by atoms with Gasteiger partial charge in [-0.15, -0.1) is 5.10 Å². The zero-order valence-electron chi connectivity index (χ0n) is 8.95. The lowest BCUT2D eigenvalue weighted by Crippen LogP contribution is -2.25. The van der Waals surface area contributed by atoms with Crippen LogP contribution in [0.5, 0.6) is 0 Å². The second kappa shape index (κ2) is 3.15. The first-order valence-electron chi connectivity index (χ1n) is 4.97. The zero-order chi connectivity index (χ0) is 12.0. The molecule has 0 bridgehead atoms. The summed E-state index contributed by atoms with van der Waals surface area (Å²) in [5, 5.41) is 13.4.